The highest BCUT2D eigenvalue weighted by atomic mass is 16.2. The van der Waals surface area contributed by atoms with E-state index in [0.717, 1.165) is 18.5 Å². The highest BCUT2D eigenvalue weighted by molar-refractivity contribution is 5.82. The molecule has 0 saturated heterocycles. The summed E-state index contributed by atoms with van der Waals surface area (Å²) in [5.41, 5.74) is 6.69. The van der Waals surface area contributed by atoms with E-state index in [4.69, 9.17) is 5.73 Å². The van der Waals surface area contributed by atoms with E-state index < -0.39 is 6.04 Å². The second kappa shape index (κ2) is 6.65. The molecule has 1 aromatic carbocycles. The molecule has 0 saturated carbocycles. The molecular formula is C13H17N5O. The van der Waals surface area contributed by atoms with Gasteiger partial charge in [-0.25, -0.2) is 0 Å². The molecule has 6 nitrogen and oxygen atoms in total. The average molecular weight is 259 g/mol. The number of benzene rings is 1. The minimum atomic E-state index is -0.618. The molecule has 3 N–H and O–H groups in total. The Morgan fingerprint density at radius 3 is 2.84 bits per heavy atom. The van der Waals surface area contributed by atoms with Crippen molar-refractivity contribution in [2.75, 3.05) is 6.54 Å². The maximum Gasteiger partial charge on any atom is 0.241 e. The van der Waals surface area contributed by atoms with E-state index in [1.54, 1.807) is 17.1 Å². The second-order valence-electron chi connectivity index (χ2n) is 4.20. The van der Waals surface area contributed by atoms with Crippen molar-refractivity contribution in [1.82, 2.24) is 20.3 Å². The number of nitrogens with two attached hydrogens (primary N) is 1. The zero-order valence-corrected chi connectivity index (χ0v) is 10.6. The summed E-state index contributed by atoms with van der Waals surface area (Å²) in [6.45, 7) is 1.29. The van der Waals surface area contributed by atoms with Crippen LogP contribution in [0.15, 0.2) is 42.7 Å². The molecule has 6 heteroatoms. The number of hydrogen-bond acceptors (Lipinski definition) is 4. The van der Waals surface area contributed by atoms with Crippen molar-refractivity contribution in [2.24, 2.45) is 5.73 Å². The van der Waals surface area contributed by atoms with E-state index in [1.807, 2.05) is 30.3 Å². The molecule has 0 aliphatic carbocycles. The van der Waals surface area contributed by atoms with Gasteiger partial charge in [-0.2, -0.15) is 0 Å². The summed E-state index contributed by atoms with van der Waals surface area (Å²) in [6.07, 6.45) is 4.21. The second-order valence-corrected chi connectivity index (χ2v) is 4.20. The number of amides is 1. The fourth-order valence-corrected chi connectivity index (χ4v) is 1.73. The number of nitrogens with one attached hydrogen (secondary N) is 1. The van der Waals surface area contributed by atoms with E-state index in [2.05, 4.69) is 15.6 Å². The minimum absolute atomic E-state index is 0.162. The third kappa shape index (κ3) is 3.89. The Bertz CT molecular complexity index is 497. The fourth-order valence-electron chi connectivity index (χ4n) is 1.73. The predicted octanol–water partition coefficient (Wildman–Crippen LogP) is 0.484. The largest absolute Gasteiger partial charge is 0.354 e. The monoisotopic (exact) mass is 259 g/mol. The van der Waals surface area contributed by atoms with Crippen LogP contribution in [0.4, 0.5) is 0 Å². The molecule has 0 aliphatic heterocycles. The van der Waals surface area contributed by atoms with Gasteiger partial charge in [0.2, 0.25) is 5.91 Å². The van der Waals surface area contributed by atoms with Crippen LogP contribution in [0.25, 0.3) is 0 Å². The highest BCUT2D eigenvalue weighted by Crippen LogP contribution is 2.08. The van der Waals surface area contributed by atoms with E-state index >= 15 is 0 Å². The number of aromatic nitrogens is 3. The first-order valence-corrected chi connectivity index (χ1v) is 6.20. The van der Waals surface area contributed by atoms with Gasteiger partial charge in [-0.15, -0.1) is 5.10 Å². The molecule has 0 fully saturated rings. The number of nitrogens with zero attached hydrogens (tertiary/aromatic N) is 3. The first-order chi connectivity index (χ1) is 9.27. The van der Waals surface area contributed by atoms with E-state index in [1.165, 1.54) is 0 Å². The third-order valence-electron chi connectivity index (χ3n) is 2.78. The van der Waals surface area contributed by atoms with Crippen molar-refractivity contribution in [2.45, 2.75) is 19.0 Å². The van der Waals surface area contributed by atoms with Crippen LogP contribution in [-0.4, -0.2) is 27.4 Å². The highest BCUT2D eigenvalue weighted by Gasteiger charge is 2.14. The molecule has 1 atom stereocenters. The molecule has 0 spiro atoms. The summed E-state index contributed by atoms with van der Waals surface area (Å²) in [4.78, 5) is 11.8. The van der Waals surface area contributed by atoms with E-state index in [-0.39, 0.29) is 5.91 Å². The summed E-state index contributed by atoms with van der Waals surface area (Å²) in [7, 11) is 0. The van der Waals surface area contributed by atoms with Crippen LogP contribution >= 0.6 is 0 Å². The maximum atomic E-state index is 11.8. The summed E-state index contributed by atoms with van der Waals surface area (Å²) >= 11 is 0. The van der Waals surface area contributed by atoms with Gasteiger partial charge in [0.25, 0.3) is 0 Å². The van der Waals surface area contributed by atoms with Crippen LogP contribution in [-0.2, 0) is 11.3 Å². The zero-order chi connectivity index (χ0) is 13.5. The standard InChI is InChI=1S/C13H17N5O/c14-12(11-5-2-1-3-6-11)13(19)15-7-4-9-18-10-8-16-17-18/h1-3,5-6,8,10,12H,4,7,9,14H2,(H,15,19). The molecule has 2 aromatic rings. The fraction of sp³-hybridized carbons (Fsp3) is 0.308. The Morgan fingerprint density at radius 1 is 1.37 bits per heavy atom. The normalized spacial score (nSPS) is 12.1. The molecule has 19 heavy (non-hydrogen) atoms. The lowest BCUT2D eigenvalue weighted by Gasteiger charge is -2.12. The zero-order valence-electron chi connectivity index (χ0n) is 10.6. The first kappa shape index (κ1) is 13.2. The quantitative estimate of drug-likeness (QED) is 0.739. The van der Waals surface area contributed by atoms with Gasteiger partial charge in [-0.05, 0) is 12.0 Å². The van der Waals surface area contributed by atoms with Crippen molar-refractivity contribution in [1.29, 1.82) is 0 Å². The van der Waals surface area contributed by atoms with Crippen LogP contribution in [0.1, 0.15) is 18.0 Å². The van der Waals surface area contributed by atoms with Crippen LogP contribution in [0.2, 0.25) is 0 Å². The lowest BCUT2D eigenvalue weighted by atomic mass is 10.1. The van der Waals surface area contributed by atoms with E-state index in [9.17, 15) is 4.79 Å². The molecule has 0 aliphatic rings. The van der Waals surface area contributed by atoms with Gasteiger partial charge >= 0.3 is 0 Å². The Kier molecular flexibility index (Phi) is 4.63. The smallest absolute Gasteiger partial charge is 0.241 e. The Balaban J connectivity index is 1.72. The lowest BCUT2D eigenvalue weighted by Crippen LogP contribution is -2.34. The molecule has 0 bridgehead atoms. The van der Waals surface area contributed by atoms with Gasteiger partial charge in [-0.1, -0.05) is 35.5 Å². The molecule has 1 unspecified atom stereocenters. The van der Waals surface area contributed by atoms with Crippen LogP contribution in [0.5, 0.6) is 0 Å². The molecule has 100 valence electrons. The Labute approximate surface area is 111 Å². The Morgan fingerprint density at radius 2 is 2.16 bits per heavy atom. The van der Waals surface area contributed by atoms with Crippen LogP contribution in [0.3, 0.4) is 0 Å². The van der Waals surface area contributed by atoms with Crippen molar-refractivity contribution < 1.29 is 4.79 Å². The van der Waals surface area contributed by atoms with Gasteiger partial charge < -0.3 is 11.1 Å². The molecule has 0 radical (unpaired) electrons. The summed E-state index contributed by atoms with van der Waals surface area (Å²) in [6, 6.07) is 8.71. The maximum absolute atomic E-state index is 11.8. The number of rotatable bonds is 6. The van der Waals surface area contributed by atoms with Crippen molar-refractivity contribution >= 4 is 5.91 Å². The minimum Gasteiger partial charge on any atom is -0.354 e. The van der Waals surface area contributed by atoms with Crippen molar-refractivity contribution in [3.05, 3.63) is 48.3 Å². The molecule has 2 rings (SSSR count). The van der Waals surface area contributed by atoms with Crippen LogP contribution < -0.4 is 11.1 Å². The summed E-state index contributed by atoms with van der Waals surface area (Å²) < 4.78 is 1.73. The molecule has 1 amide bonds. The average Bonchev–Trinajstić information content (AvgIpc) is 2.96. The molecular weight excluding hydrogens is 242 g/mol. The molecule has 1 heterocycles. The lowest BCUT2D eigenvalue weighted by molar-refractivity contribution is -0.122. The van der Waals surface area contributed by atoms with Gasteiger partial charge in [0.1, 0.15) is 6.04 Å². The number of aryl methyl sites for hydroxylation is 1. The number of carbonyl (C=O) groups excluding carboxylic acids is 1. The van der Waals surface area contributed by atoms with Gasteiger partial charge in [-0.3, -0.25) is 9.48 Å². The first-order valence-electron chi connectivity index (χ1n) is 6.20. The molecule has 1 aromatic heterocycles. The van der Waals surface area contributed by atoms with Crippen molar-refractivity contribution in [3.8, 4) is 0 Å². The number of carbonyl (C=O) groups is 1. The predicted molar refractivity (Wildman–Crippen MR) is 71.0 cm³/mol. The van der Waals surface area contributed by atoms with Crippen molar-refractivity contribution in [3.63, 3.8) is 0 Å². The van der Waals surface area contributed by atoms with Crippen LogP contribution in [0, 0.1) is 0 Å². The Hall–Kier alpha value is -2.21. The topological polar surface area (TPSA) is 85.8 Å². The summed E-state index contributed by atoms with van der Waals surface area (Å²) in [5.74, 6) is -0.162. The van der Waals surface area contributed by atoms with Gasteiger partial charge in [0.05, 0.1) is 6.20 Å². The third-order valence-corrected chi connectivity index (χ3v) is 2.78. The SMILES string of the molecule is NC(C(=O)NCCCn1ccnn1)c1ccccc1. The van der Waals surface area contributed by atoms with Gasteiger partial charge in [0.15, 0.2) is 0 Å². The summed E-state index contributed by atoms with van der Waals surface area (Å²) in [5, 5.41) is 10.4. The van der Waals surface area contributed by atoms with E-state index in [0.29, 0.717) is 6.54 Å². The number of hydrogen-bond donors (Lipinski definition) is 2. The van der Waals surface area contributed by atoms with Gasteiger partial charge in [0, 0.05) is 19.3 Å².